The molecule has 0 radical (unpaired) electrons. The maximum atomic E-state index is 5.76. The second-order valence-electron chi connectivity index (χ2n) is 3.85. The third-order valence-corrected chi connectivity index (χ3v) is 2.75. The maximum Gasteiger partial charge on any atom is 0.210 e. The minimum atomic E-state index is -0.396. The van der Waals surface area contributed by atoms with E-state index in [9.17, 15) is 0 Å². The molecule has 2 unspecified atom stereocenters. The summed E-state index contributed by atoms with van der Waals surface area (Å²) >= 11 is 0. The van der Waals surface area contributed by atoms with E-state index in [2.05, 4.69) is 0 Å². The number of ether oxygens (including phenoxy) is 4. The van der Waals surface area contributed by atoms with E-state index in [4.69, 9.17) is 18.9 Å². The van der Waals surface area contributed by atoms with Gasteiger partial charge in [-0.2, -0.15) is 0 Å². The normalized spacial score (nSPS) is 31.0. The summed E-state index contributed by atoms with van der Waals surface area (Å²) < 4.78 is 22.0. The first kappa shape index (κ1) is 10.2. The lowest BCUT2D eigenvalue weighted by Gasteiger charge is -2.16. The van der Waals surface area contributed by atoms with Gasteiger partial charge in [0.15, 0.2) is 0 Å². The van der Waals surface area contributed by atoms with E-state index in [1.807, 2.05) is 30.3 Å². The zero-order chi connectivity index (χ0) is 10.8. The zero-order valence-electron chi connectivity index (χ0n) is 8.87. The fourth-order valence-corrected chi connectivity index (χ4v) is 1.94. The Morgan fingerprint density at radius 2 is 1.62 bits per heavy atom. The highest BCUT2D eigenvalue weighted by molar-refractivity contribution is 5.18. The third-order valence-electron chi connectivity index (χ3n) is 2.75. The Morgan fingerprint density at radius 1 is 0.875 bits per heavy atom. The summed E-state index contributed by atoms with van der Waals surface area (Å²) in [6.07, 6.45) is -0.777. The van der Waals surface area contributed by atoms with E-state index < -0.39 is 6.29 Å². The van der Waals surface area contributed by atoms with Crippen LogP contribution in [0.5, 0.6) is 0 Å². The topological polar surface area (TPSA) is 36.9 Å². The van der Waals surface area contributed by atoms with Gasteiger partial charge in [-0.3, -0.25) is 0 Å². The Balaban J connectivity index is 1.64. The second kappa shape index (κ2) is 4.51. The van der Waals surface area contributed by atoms with Crippen molar-refractivity contribution >= 4 is 0 Å². The predicted octanol–water partition coefficient (Wildman–Crippen LogP) is 1.47. The van der Waals surface area contributed by atoms with E-state index in [-0.39, 0.29) is 12.4 Å². The number of hydrogen-bond donors (Lipinski definition) is 0. The molecule has 2 atom stereocenters. The van der Waals surface area contributed by atoms with Crippen LogP contribution in [-0.4, -0.2) is 32.4 Å². The average Bonchev–Trinajstić information content (AvgIpc) is 3.01. The molecule has 4 nitrogen and oxygen atoms in total. The average molecular weight is 222 g/mol. The SMILES string of the molecule is c1ccc(C2COC(C3OCCO3)O2)cc1. The van der Waals surface area contributed by atoms with Crippen molar-refractivity contribution in [1.29, 1.82) is 0 Å². The first-order chi connectivity index (χ1) is 7.93. The number of benzene rings is 1. The molecule has 0 aromatic heterocycles. The van der Waals surface area contributed by atoms with Gasteiger partial charge in [0, 0.05) is 0 Å². The highest BCUT2D eigenvalue weighted by Gasteiger charge is 2.36. The molecule has 4 heteroatoms. The van der Waals surface area contributed by atoms with Crippen LogP contribution in [0.1, 0.15) is 11.7 Å². The number of rotatable bonds is 2. The smallest absolute Gasteiger partial charge is 0.210 e. The van der Waals surface area contributed by atoms with Crippen molar-refractivity contribution < 1.29 is 18.9 Å². The Hall–Kier alpha value is -0.940. The van der Waals surface area contributed by atoms with Crippen LogP contribution in [0, 0.1) is 0 Å². The van der Waals surface area contributed by atoms with Crippen LogP contribution in [-0.2, 0) is 18.9 Å². The lowest BCUT2D eigenvalue weighted by molar-refractivity contribution is -0.208. The van der Waals surface area contributed by atoms with Crippen LogP contribution >= 0.6 is 0 Å². The van der Waals surface area contributed by atoms with Crippen LogP contribution in [0.15, 0.2) is 30.3 Å². The quantitative estimate of drug-likeness (QED) is 0.759. The van der Waals surface area contributed by atoms with E-state index in [1.165, 1.54) is 0 Å². The van der Waals surface area contributed by atoms with Crippen molar-refractivity contribution in [2.24, 2.45) is 0 Å². The van der Waals surface area contributed by atoms with Crippen molar-refractivity contribution in [2.75, 3.05) is 19.8 Å². The van der Waals surface area contributed by atoms with Gasteiger partial charge in [-0.25, -0.2) is 0 Å². The van der Waals surface area contributed by atoms with E-state index >= 15 is 0 Å². The molecule has 0 spiro atoms. The van der Waals surface area contributed by atoms with Crippen molar-refractivity contribution in [3.05, 3.63) is 35.9 Å². The fraction of sp³-hybridized carbons (Fsp3) is 0.500. The maximum absolute atomic E-state index is 5.76. The molecule has 0 amide bonds. The van der Waals surface area contributed by atoms with Crippen molar-refractivity contribution in [2.45, 2.75) is 18.7 Å². The van der Waals surface area contributed by atoms with Crippen molar-refractivity contribution in [3.8, 4) is 0 Å². The fourth-order valence-electron chi connectivity index (χ4n) is 1.94. The van der Waals surface area contributed by atoms with Gasteiger partial charge in [-0.1, -0.05) is 30.3 Å². The molecule has 3 rings (SSSR count). The summed E-state index contributed by atoms with van der Waals surface area (Å²) in [5.74, 6) is 0. The molecule has 1 aromatic rings. The van der Waals surface area contributed by atoms with Crippen molar-refractivity contribution in [3.63, 3.8) is 0 Å². The van der Waals surface area contributed by atoms with Crippen LogP contribution in [0.25, 0.3) is 0 Å². The van der Waals surface area contributed by atoms with Gasteiger partial charge < -0.3 is 18.9 Å². The molecule has 2 saturated heterocycles. The first-order valence-corrected chi connectivity index (χ1v) is 5.49. The Bertz CT molecular complexity index is 334. The molecule has 16 heavy (non-hydrogen) atoms. The van der Waals surface area contributed by atoms with Gasteiger partial charge in [-0.15, -0.1) is 0 Å². The molecule has 0 N–H and O–H groups in total. The monoisotopic (exact) mass is 222 g/mol. The molecule has 2 aliphatic heterocycles. The van der Waals surface area contributed by atoms with Crippen LogP contribution in [0.4, 0.5) is 0 Å². The third kappa shape index (κ3) is 1.97. The molecule has 2 aliphatic rings. The summed E-state index contributed by atoms with van der Waals surface area (Å²) in [6.45, 7) is 1.78. The van der Waals surface area contributed by atoms with Gasteiger partial charge in [0.25, 0.3) is 0 Å². The summed E-state index contributed by atoms with van der Waals surface area (Å²) in [6, 6.07) is 10.0. The molecule has 2 heterocycles. The van der Waals surface area contributed by atoms with Gasteiger partial charge >= 0.3 is 0 Å². The minimum absolute atomic E-state index is 0.0148. The molecular formula is C12H14O4. The van der Waals surface area contributed by atoms with Gasteiger partial charge in [0.1, 0.15) is 6.10 Å². The predicted molar refractivity (Wildman–Crippen MR) is 55.7 cm³/mol. The Kier molecular flexibility index (Phi) is 2.88. The second-order valence-corrected chi connectivity index (χ2v) is 3.85. The molecule has 86 valence electrons. The van der Waals surface area contributed by atoms with E-state index in [0.717, 1.165) is 5.56 Å². The van der Waals surface area contributed by atoms with E-state index in [1.54, 1.807) is 0 Å². The van der Waals surface area contributed by atoms with Crippen LogP contribution in [0.2, 0.25) is 0 Å². The summed E-state index contributed by atoms with van der Waals surface area (Å²) in [4.78, 5) is 0. The molecule has 0 aliphatic carbocycles. The van der Waals surface area contributed by atoms with Gasteiger partial charge in [0.05, 0.1) is 19.8 Å². The van der Waals surface area contributed by atoms with Crippen LogP contribution < -0.4 is 0 Å². The molecule has 0 bridgehead atoms. The highest BCUT2D eigenvalue weighted by atomic mass is 16.8. The van der Waals surface area contributed by atoms with E-state index in [0.29, 0.717) is 19.8 Å². The first-order valence-electron chi connectivity index (χ1n) is 5.49. The van der Waals surface area contributed by atoms with Crippen molar-refractivity contribution in [1.82, 2.24) is 0 Å². The molecule has 2 fully saturated rings. The number of hydrogen-bond acceptors (Lipinski definition) is 4. The molecule has 0 saturated carbocycles. The largest absolute Gasteiger partial charge is 0.346 e. The van der Waals surface area contributed by atoms with Gasteiger partial charge in [0.2, 0.25) is 12.6 Å². The Morgan fingerprint density at radius 3 is 2.38 bits per heavy atom. The lowest BCUT2D eigenvalue weighted by Crippen LogP contribution is -2.27. The summed E-state index contributed by atoms with van der Waals surface area (Å²) in [7, 11) is 0. The summed E-state index contributed by atoms with van der Waals surface area (Å²) in [5.41, 5.74) is 1.13. The minimum Gasteiger partial charge on any atom is -0.346 e. The summed E-state index contributed by atoms with van der Waals surface area (Å²) in [5, 5.41) is 0. The molecular weight excluding hydrogens is 208 g/mol. The van der Waals surface area contributed by atoms with Crippen LogP contribution in [0.3, 0.4) is 0 Å². The standard InChI is InChI=1S/C12H14O4/c1-2-4-9(5-3-1)10-8-15-12(16-10)11-13-6-7-14-11/h1-5,10-12H,6-8H2. The van der Waals surface area contributed by atoms with Gasteiger partial charge in [-0.05, 0) is 5.56 Å². The lowest BCUT2D eigenvalue weighted by atomic mass is 10.1. The zero-order valence-corrected chi connectivity index (χ0v) is 8.87. The molecule has 1 aromatic carbocycles. The Labute approximate surface area is 94.1 Å². The highest BCUT2D eigenvalue weighted by Crippen LogP contribution is 2.29.